The molecule has 106 valence electrons. The molecule has 0 saturated carbocycles. The Morgan fingerprint density at radius 3 is 2.45 bits per heavy atom. The average molecular weight is 303 g/mol. The van der Waals surface area contributed by atoms with Crippen LogP contribution < -0.4 is 4.74 Å². The van der Waals surface area contributed by atoms with Gasteiger partial charge in [-0.2, -0.15) is 0 Å². The first-order valence-electron chi connectivity index (χ1n) is 5.65. The molecule has 1 N–H and O–H groups in total. The third-order valence-electron chi connectivity index (χ3n) is 2.63. The van der Waals surface area contributed by atoms with Crippen LogP contribution in [0.3, 0.4) is 0 Å². The third-order valence-corrected chi connectivity index (χ3v) is 3.07. The van der Waals surface area contributed by atoms with E-state index in [1.165, 1.54) is 18.2 Å². The monoisotopic (exact) mass is 302 g/mol. The van der Waals surface area contributed by atoms with Gasteiger partial charge in [-0.1, -0.05) is 41.9 Å². The molecule has 0 bridgehead atoms. The van der Waals surface area contributed by atoms with Gasteiger partial charge in [0.1, 0.15) is 5.75 Å². The lowest BCUT2D eigenvalue weighted by Crippen LogP contribution is -2.17. The summed E-state index contributed by atoms with van der Waals surface area (Å²) in [6.45, 7) is -0.245. The lowest BCUT2D eigenvalue weighted by molar-refractivity contribution is -0.274. The molecule has 0 unspecified atom stereocenters. The molecular formula is C14H10ClF3O2. The van der Waals surface area contributed by atoms with Gasteiger partial charge in [0.2, 0.25) is 0 Å². The third kappa shape index (κ3) is 3.43. The molecule has 2 nitrogen and oxygen atoms in total. The molecule has 0 heterocycles. The van der Waals surface area contributed by atoms with E-state index in [-0.39, 0.29) is 12.4 Å². The van der Waals surface area contributed by atoms with Crippen LogP contribution >= 0.6 is 11.6 Å². The molecule has 6 heteroatoms. The molecule has 0 aliphatic rings. The number of rotatable bonds is 3. The van der Waals surface area contributed by atoms with Crippen LogP contribution in [-0.4, -0.2) is 11.5 Å². The van der Waals surface area contributed by atoms with Crippen molar-refractivity contribution < 1.29 is 23.0 Å². The summed E-state index contributed by atoms with van der Waals surface area (Å²) in [5.74, 6) is -0.319. The van der Waals surface area contributed by atoms with Gasteiger partial charge >= 0.3 is 6.36 Å². The van der Waals surface area contributed by atoms with Crippen LogP contribution in [0.2, 0.25) is 5.02 Å². The second kappa shape index (κ2) is 5.73. The molecule has 0 radical (unpaired) electrons. The molecule has 0 aliphatic carbocycles. The smallest absolute Gasteiger partial charge is 0.406 e. The second-order valence-electron chi connectivity index (χ2n) is 4.01. The van der Waals surface area contributed by atoms with Gasteiger partial charge in [0.15, 0.2) is 0 Å². The number of halogens is 4. The van der Waals surface area contributed by atoms with Crippen LogP contribution in [0.25, 0.3) is 11.1 Å². The molecule has 2 rings (SSSR count). The Bertz CT molecular complexity index is 612. The molecule has 2 aromatic rings. The predicted octanol–water partition coefficient (Wildman–Crippen LogP) is 4.40. The summed E-state index contributed by atoms with van der Waals surface area (Å²) in [6.07, 6.45) is -4.74. The number of alkyl halides is 3. The minimum Gasteiger partial charge on any atom is -0.406 e. The standard InChI is InChI=1S/C14H10ClF3O2/c15-13-10(8-19)4-2-6-12(13)9-3-1-5-11(7-9)20-14(16,17)18/h1-7,19H,8H2. The van der Waals surface area contributed by atoms with E-state index in [0.29, 0.717) is 21.7 Å². The number of benzene rings is 2. The first-order valence-corrected chi connectivity index (χ1v) is 6.03. The van der Waals surface area contributed by atoms with E-state index in [1.807, 2.05) is 0 Å². The fraction of sp³-hybridized carbons (Fsp3) is 0.143. The zero-order valence-corrected chi connectivity index (χ0v) is 10.9. The highest BCUT2D eigenvalue weighted by Gasteiger charge is 2.31. The zero-order valence-electron chi connectivity index (χ0n) is 10.1. The van der Waals surface area contributed by atoms with Gasteiger partial charge in [0.25, 0.3) is 0 Å². The minimum atomic E-state index is -4.74. The van der Waals surface area contributed by atoms with E-state index in [0.717, 1.165) is 0 Å². The van der Waals surface area contributed by atoms with Gasteiger partial charge in [-0.15, -0.1) is 13.2 Å². The van der Waals surface area contributed by atoms with Gasteiger partial charge in [-0.05, 0) is 23.3 Å². The van der Waals surface area contributed by atoms with Crippen LogP contribution in [0, 0.1) is 0 Å². The normalized spacial score (nSPS) is 11.4. The average Bonchev–Trinajstić information content (AvgIpc) is 2.37. The molecule has 0 amide bonds. The summed E-state index contributed by atoms with van der Waals surface area (Å²) in [6, 6.07) is 10.5. The molecule has 20 heavy (non-hydrogen) atoms. The van der Waals surface area contributed by atoms with E-state index in [1.54, 1.807) is 24.3 Å². The number of hydrogen-bond acceptors (Lipinski definition) is 2. The second-order valence-corrected chi connectivity index (χ2v) is 4.39. The van der Waals surface area contributed by atoms with Gasteiger partial charge in [-0.25, -0.2) is 0 Å². The van der Waals surface area contributed by atoms with Crippen molar-refractivity contribution in [1.82, 2.24) is 0 Å². The summed E-state index contributed by atoms with van der Waals surface area (Å²) in [4.78, 5) is 0. The van der Waals surface area contributed by atoms with Crippen molar-refractivity contribution in [2.45, 2.75) is 13.0 Å². The maximum Gasteiger partial charge on any atom is 0.573 e. The number of aliphatic hydroxyl groups excluding tert-OH is 1. The molecule has 0 spiro atoms. The summed E-state index contributed by atoms with van der Waals surface area (Å²) >= 11 is 6.11. The Kier molecular flexibility index (Phi) is 4.20. The molecule has 0 saturated heterocycles. The van der Waals surface area contributed by atoms with E-state index < -0.39 is 6.36 Å². The number of hydrogen-bond donors (Lipinski definition) is 1. The Morgan fingerprint density at radius 2 is 1.80 bits per heavy atom. The Labute approximate surface area is 118 Å². The number of aliphatic hydroxyl groups is 1. The minimum absolute atomic E-state index is 0.245. The van der Waals surface area contributed by atoms with Crippen molar-refractivity contribution in [2.75, 3.05) is 0 Å². The lowest BCUT2D eigenvalue weighted by atomic mass is 10.0. The van der Waals surface area contributed by atoms with E-state index in [9.17, 15) is 13.2 Å². The van der Waals surface area contributed by atoms with Crippen LogP contribution in [0.1, 0.15) is 5.56 Å². The molecular weight excluding hydrogens is 293 g/mol. The van der Waals surface area contributed by atoms with Crippen LogP contribution in [0.15, 0.2) is 42.5 Å². The van der Waals surface area contributed by atoms with Crippen molar-refractivity contribution in [3.8, 4) is 16.9 Å². The summed E-state index contributed by atoms with van der Waals surface area (Å²) in [5.41, 5.74) is 1.52. The molecule has 0 atom stereocenters. The SMILES string of the molecule is OCc1cccc(-c2cccc(OC(F)(F)F)c2)c1Cl. The first kappa shape index (κ1) is 14.7. The number of ether oxygens (including phenoxy) is 1. The zero-order chi connectivity index (χ0) is 14.8. The molecule has 0 aromatic heterocycles. The first-order chi connectivity index (χ1) is 9.40. The van der Waals surface area contributed by atoms with Gasteiger partial charge in [0, 0.05) is 5.56 Å². The highest BCUT2D eigenvalue weighted by atomic mass is 35.5. The topological polar surface area (TPSA) is 29.5 Å². The lowest BCUT2D eigenvalue weighted by Gasteiger charge is -2.12. The van der Waals surface area contributed by atoms with E-state index >= 15 is 0 Å². The van der Waals surface area contributed by atoms with Crippen LogP contribution in [-0.2, 0) is 6.61 Å². The predicted molar refractivity (Wildman–Crippen MR) is 69.5 cm³/mol. The molecule has 0 aliphatic heterocycles. The Balaban J connectivity index is 2.41. The summed E-state index contributed by atoms with van der Waals surface area (Å²) in [7, 11) is 0. The van der Waals surface area contributed by atoms with Crippen molar-refractivity contribution in [3.63, 3.8) is 0 Å². The summed E-state index contributed by atoms with van der Waals surface area (Å²) in [5, 5.41) is 9.44. The highest BCUT2D eigenvalue weighted by molar-refractivity contribution is 6.34. The van der Waals surface area contributed by atoms with Gasteiger partial charge in [0.05, 0.1) is 11.6 Å². The van der Waals surface area contributed by atoms with Crippen molar-refractivity contribution in [3.05, 3.63) is 53.1 Å². The van der Waals surface area contributed by atoms with Crippen molar-refractivity contribution >= 4 is 11.6 Å². The van der Waals surface area contributed by atoms with Crippen molar-refractivity contribution in [2.24, 2.45) is 0 Å². The van der Waals surface area contributed by atoms with E-state index in [2.05, 4.69) is 4.74 Å². The van der Waals surface area contributed by atoms with Crippen LogP contribution in [0.4, 0.5) is 13.2 Å². The Morgan fingerprint density at radius 1 is 1.10 bits per heavy atom. The van der Waals surface area contributed by atoms with Crippen molar-refractivity contribution in [1.29, 1.82) is 0 Å². The van der Waals surface area contributed by atoms with Gasteiger partial charge < -0.3 is 9.84 Å². The Hall–Kier alpha value is -1.72. The maximum absolute atomic E-state index is 12.2. The summed E-state index contributed by atoms with van der Waals surface area (Å²) < 4.78 is 40.4. The highest BCUT2D eigenvalue weighted by Crippen LogP contribution is 2.33. The maximum atomic E-state index is 12.2. The fourth-order valence-electron chi connectivity index (χ4n) is 1.79. The van der Waals surface area contributed by atoms with Crippen LogP contribution in [0.5, 0.6) is 5.75 Å². The fourth-order valence-corrected chi connectivity index (χ4v) is 2.08. The largest absolute Gasteiger partial charge is 0.573 e. The van der Waals surface area contributed by atoms with Gasteiger partial charge in [-0.3, -0.25) is 0 Å². The van der Waals surface area contributed by atoms with E-state index in [4.69, 9.17) is 16.7 Å². The quantitative estimate of drug-likeness (QED) is 0.910. The molecule has 2 aromatic carbocycles. The molecule has 0 fully saturated rings.